The Kier molecular flexibility index (Phi) is 5.37. The first kappa shape index (κ1) is 12.8. The molecular formula is C12H15BrClN. The summed E-state index contributed by atoms with van der Waals surface area (Å²) in [4.78, 5) is 0. The lowest BCUT2D eigenvalue weighted by atomic mass is 10.0. The molecule has 1 unspecified atom stereocenters. The number of halogens is 2. The Bertz CT molecular complexity index is 338. The summed E-state index contributed by atoms with van der Waals surface area (Å²) in [7, 11) is 0. The van der Waals surface area contributed by atoms with Crippen molar-refractivity contribution in [3.63, 3.8) is 0 Å². The van der Waals surface area contributed by atoms with Crippen molar-refractivity contribution in [1.82, 2.24) is 0 Å². The minimum atomic E-state index is 0.00921. The minimum Gasteiger partial charge on any atom is -0.324 e. The SMILES string of the molecule is C=CCCCC(N)c1cc(Br)ccc1Cl. The highest BCUT2D eigenvalue weighted by Crippen LogP contribution is 2.27. The smallest absolute Gasteiger partial charge is 0.0454 e. The lowest BCUT2D eigenvalue weighted by Gasteiger charge is -2.13. The Labute approximate surface area is 104 Å². The maximum absolute atomic E-state index is 6.08. The van der Waals surface area contributed by atoms with Gasteiger partial charge in [-0.3, -0.25) is 0 Å². The standard InChI is InChI=1S/C12H15BrClN/c1-2-3-4-5-12(15)10-8-9(13)6-7-11(10)14/h2,6-8,12H,1,3-5,15H2. The first-order chi connectivity index (χ1) is 7.15. The number of unbranched alkanes of at least 4 members (excludes halogenated alkanes) is 1. The molecule has 1 rings (SSSR count). The molecule has 15 heavy (non-hydrogen) atoms. The number of benzene rings is 1. The molecule has 2 N–H and O–H groups in total. The average Bonchev–Trinajstić information content (AvgIpc) is 2.22. The maximum atomic E-state index is 6.08. The fourth-order valence-corrected chi connectivity index (χ4v) is 2.07. The van der Waals surface area contributed by atoms with E-state index in [2.05, 4.69) is 22.5 Å². The summed E-state index contributed by atoms with van der Waals surface area (Å²) in [6, 6.07) is 5.78. The molecule has 0 aliphatic heterocycles. The molecule has 0 saturated carbocycles. The van der Waals surface area contributed by atoms with Crippen LogP contribution in [0.25, 0.3) is 0 Å². The van der Waals surface area contributed by atoms with Crippen molar-refractivity contribution in [2.24, 2.45) is 5.73 Å². The number of nitrogens with two attached hydrogens (primary N) is 1. The third kappa shape index (κ3) is 3.98. The van der Waals surface area contributed by atoms with Crippen LogP contribution in [0.1, 0.15) is 30.9 Å². The van der Waals surface area contributed by atoms with Crippen LogP contribution in [0.3, 0.4) is 0 Å². The first-order valence-corrected chi connectivity index (χ1v) is 6.13. The van der Waals surface area contributed by atoms with Crippen LogP contribution in [-0.2, 0) is 0 Å². The van der Waals surface area contributed by atoms with Gasteiger partial charge in [0.1, 0.15) is 0 Å². The number of hydrogen-bond acceptors (Lipinski definition) is 1. The molecular weight excluding hydrogens is 273 g/mol. The van der Waals surface area contributed by atoms with E-state index in [1.807, 2.05) is 24.3 Å². The van der Waals surface area contributed by atoms with Crippen LogP contribution in [0.4, 0.5) is 0 Å². The normalized spacial score (nSPS) is 12.5. The number of hydrogen-bond donors (Lipinski definition) is 1. The summed E-state index contributed by atoms with van der Waals surface area (Å²) in [6.45, 7) is 3.69. The largest absolute Gasteiger partial charge is 0.324 e. The van der Waals surface area contributed by atoms with E-state index in [0.717, 1.165) is 34.3 Å². The predicted octanol–water partition coefficient (Wildman–Crippen LogP) is 4.46. The molecule has 0 bridgehead atoms. The zero-order valence-electron chi connectivity index (χ0n) is 8.55. The van der Waals surface area contributed by atoms with Gasteiger partial charge in [0.15, 0.2) is 0 Å². The topological polar surface area (TPSA) is 26.0 Å². The molecule has 0 saturated heterocycles. The Morgan fingerprint density at radius 1 is 1.53 bits per heavy atom. The monoisotopic (exact) mass is 287 g/mol. The van der Waals surface area contributed by atoms with Gasteiger partial charge < -0.3 is 5.73 Å². The number of allylic oxidation sites excluding steroid dienone is 1. The number of rotatable bonds is 5. The highest BCUT2D eigenvalue weighted by atomic mass is 79.9. The van der Waals surface area contributed by atoms with E-state index in [4.69, 9.17) is 17.3 Å². The summed E-state index contributed by atoms with van der Waals surface area (Å²) < 4.78 is 1.01. The van der Waals surface area contributed by atoms with E-state index in [0.29, 0.717) is 0 Å². The quantitative estimate of drug-likeness (QED) is 0.628. The van der Waals surface area contributed by atoms with Crippen LogP contribution in [-0.4, -0.2) is 0 Å². The van der Waals surface area contributed by atoms with Crippen molar-refractivity contribution in [1.29, 1.82) is 0 Å². The molecule has 0 aliphatic rings. The second kappa shape index (κ2) is 6.31. The van der Waals surface area contributed by atoms with Crippen molar-refractivity contribution in [2.75, 3.05) is 0 Å². The Morgan fingerprint density at radius 3 is 2.93 bits per heavy atom. The van der Waals surface area contributed by atoms with Crippen molar-refractivity contribution >= 4 is 27.5 Å². The summed E-state index contributed by atoms with van der Waals surface area (Å²) in [5, 5.41) is 0.740. The minimum absolute atomic E-state index is 0.00921. The second-order valence-corrected chi connectivity index (χ2v) is 4.81. The summed E-state index contributed by atoms with van der Waals surface area (Å²) in [5.74, 6) is 0. The van der Waals surface area contributed by atoms with Gasteiger partial charge in [0.05, 0.1) is 0 Å². The fraction of sp³-hybridized carbons (Fsp3) is 0.333. The van der Waals surface area contributed by atoms with Gasteiger partial charge >= 0.3 is 0 Å². The Balaban J connectivity index is 2.67. The van der Waals surface area contributed by atoms with Crippen molar-refractivity contribution in [3.8, 4) is 0 Å². The summed E-state index contributed by atoms with van der Waals surface area (Å²) in [6.07, 6.45) is 4.89. The molecule has 0 fully saturated rings. The summed E-state index contributed by atoms with van der Waals surface area (Å²) >= 11 is 9.50. The maximum Gasteiger partial charge on any atom is 0.0454 e. The van der Waals surface area contributed by atoms with Gasteiger partial charge in [-0.1, -0.05) is 33.6 Å². The molecule has 0 aliphatic carbocycles. The van der Waals surface area contributed by atoms with Gasteiger partial charge in [-0.2, -0.15) is 0 Å². The highest BCUT2D eigenvalue weighted by Gasteiger charge is 2.09. The third-order valence-electron chi connectivity index (χ3n) is 2.28. The Hall–Kier alpha value is -0.310. The van der Waals surface area contributed by atoms with Crippen LogP contribution in [0.5, 0.6) is 0 Å². The van der Waals surface area contributed by atoms with Crippen LogP contribution in [0.2, 0.25) is 5.02 Å². The predicted molar refractivity (Wildman–Crippen MR) is 70.1 cm³/mol. The molecule has 0 aromatic heterocycles. The molecule has 1 nitrogen and oxygen atoms in total. The van der Waals surface area contributed by atoms with Gasteiger partial charge in [0.25, 0.3) is 0 Å². The molecule has 0 heterocycles. The average molecular weight is 289 g/mol. The zero-order valence-corrected chi connectivity index (χ0v) is 10.9. The highest BCUT2D eigenvalue weighted by molar-refractivity contribution is 9.10. The molecule has 0 radical (unpaired) electrons. The molecule has 3 heteroatoms. The van der Waals surface area contributed by atoms with Crippen LogP contribution < -0.4 is 5.73 Å². The third-order valence-corrected chi connectivity index (χ3v) is 3.12. The van der Waals surface area contributed by atoms with E-state index in [9.17, 15) is 0 Å². The lowest BCUT2D eigenvalue weighted by molar-refractivity contribution is 0.617. The molecule has 1 atom stereocenters. The van der Waals surface area contributed by atoms with E-state index >= 15 is 0 Å². The van der Waals surface area contributed by atoms with Gasteiger partial charge in [0, 0.05) is 15.5 Å². The summed E-state index contributed by atoms with van der Waals surface area (Å²) in [5.41, 5.74) is 7.08. The van der Waals surface area contributed by atoms with Gasteiger partial charge in [0.2, 0.25) is 0 Å². The molecule has 1 aromatic rings. The lowest BCUT2D eigenvalue weighted by Crippen LogP contribution is -2.10. The molecule has 82 valence electrons. The van der Waals surface area contributed by atoms with Crippen molar-refractivity contribution in [2.45, 2.75) is 25.3 Å². The molecule has 0 spiro atoms. The van der Waals surface area contributed by atoms with Crippen LogP contribution >= 0.6 is 27.5 Å². The fourth-order valence-electron chi connectivity index (χ4n) is 1.44. The van der Waals surface area contributed by atoms with Gasteiger partial charge in [-0.15, -0.1) is 6.58 Å². The van der Waals surface area contributed by atoms with Crippen LogP contribution in [0.15, 0.2) is 35.3 Å². The first-order valence-electron chi connectivity index (χ1n) is 4.96. The second-order valence-electron chi connectivity index (χ2n) is 3.49. The van der Waals surface area contributed by atoms with Gasteiger partial charge in [-0.05, 0) is 43.0 Å². The van der Waals surface area contributed by atoms with E-state index in [1.54, 1.807) is 0 Å². The van der Waals surface area contributed by atoms with E-state index in [1.165, 1.54) is 0 Å². The van der Waals surface area contributed by atoms with Crippen molar-refractivity contribution in [3.05, 3.63) is 45.9 Å². The van der Waals surface area contributed by atoms with Crippen LogP contribution in [0, 0.1) is 0 Å². The van der Waals surface area contributed by atoms with Gasteiger partial charge in [-0.25, -0.2) is 0 Å². The van der Waals surface area contributed by atoms with E-state index < -0.39 is 0 Å². The van der Waals surface area contributed by atoms with E-state index in [-0.39, 0.29) is 6.04 Å². The Morgan fingerprint density at radius 2 is 2.27 bits per heavy atom. The molecule has 1 aromatic carbocycles. The van der Waals surface area contributed by atoms with Crippen molar-refractivity contribution < 1.29 is 0 Å². The zero-order chi connectivity index (χ0) is 11.3. The molecule has 0 amide bonds.